The third kappa shape index (κ3) is 3.46. The second-order valence-electron chi connectivity index (χ2n) is 6.38. The van der Waals surface area contributed by atoms with E-state index in [2.05, 4.69) is 69.9 Å². The van der Waals surface area contributed by atoms with Gasteiger partial charge in [0.1, 0.15) is 0 Å². The molecule has 0 aliphatic heterocycles. The standard InChI is InChI=1S/C20H20N4S/c25-20-23-22-19(24(20)21-14-15-7-2-1-3-8-15)13-17-11-6-10-16-9-4-5-12-18(16)17/h1-2,4-6,9-12,14-15H,3,7-8,13H2,(H,23,25)/b21-14-/t15-/m0/s1. The largest absolute Gasteiger partial charge is 0.250 e. The lowest BCUT2D eigenvalue weighted by Crippen LogP contribution is -2.07. The molecule has 0 saturated carbocycles. The van der Waals surface area contributed by atoms with Crippen LogP contribution < -0.4 is 0 Å². The second-order valence-corrected chi connectivity index (χ2v) is 6.77. The maximum atomic E-state index is 5.37. The molecule has 25 heavy (non-hydrogen) atoms. The van der Waals surface area contributed by atoms with E-state index in [-0.39, 0.29) is 0 Å². The molecule has 1 aromatic heterocycles. The molecule has 1 aliphatic carbocycles. The molecule has 1 heterocycles. The van der Waals surface area contributed by atoms with Gasteiger partial charge in [-0.1, -0.05) is 54.6 Å². The summed E-state index contributed by atoms with van der Waals surface area (Å²) in [6, 6.07) is 14.8. The number of hydrogen-bond acceptors (Lipinski definition) is 3. The molecule has 0 fully saturated rings. The van der Waals surface area contributed by atoms with E-state index in [0.717, 1.165) is 25.1 Å². The van der Waals surface area contributed by atoms with E-state index in [1.807, 2.05) is 6.21 Å². The third-order valence-corrected chi connectivity index (χ3v) is 4.91. The van der Waals surface area contributed by atoms with Crippen molar-refractivity contribution in [3.63, 3.8) is 0 Å². The number of hydrogen-bond donors (Lipinski definition) is 1. The summed E-state index contributed by atoms with van der Waals surface area (Å²) < 4.78 is 2.30. The zero-order valence-corrected chi connectivity index (χ0v) is 14.7. The van der Waals surface area contributed by atoms with Gasteiger partial charge in [-0.15, -0.1) is 0 Å². The lowest BCUT2D eigenvalue weighted by molar-refractivity contribution is 0.620. The van der Waals surface area contributed by atoms with Crippen LogP contribution >= 0.6 is 12.2 Å². The average Bonchev–Trinajstić information content (AvgIpc) is 3.01. The molecule has 126 valence electrons. The number of benzene rings is 2. The molecule has 0 bridgehead atoms. The average molecular weight is 348 g/mol. The molecule has 1 atom stereocenters. The zero-order chi connectivity index (χ0) is 17.1. The van der Waals surface area contributed by atoms with E-state index < -0.39 is 0 Å². The van der Waals surface area contributed by atoms with Gasteiger partial charge in [0.15, 0.2) is 5.82 Å². The summed E-state index contributed by atoms with van der Waals surface area (Å²) >= 11 is 5.37. The Bertz CT molecular complexity index is 991. The van der Waals surface area contributed by atoms with Crippen molar-refractivity contribution in [1.29, 1.82) is 0 Å². The van der Waals surface area contributed by atoms with Gasteiger partial charge in [0.2, 0.25) is 4.77 Å². The number of nitrogens with zero attached hydrogens (tertiary/aromatic N) is 3. The molecule has 1 aliphatic rings. The lowest BCUT2D eigenvalue weighted by Gasteiger charge is -2.12. The van der Waals surface area contributed by atoms with Crippen LogP contribution in [-0.4, -0.2) is 21.1 Å². The van der Waals surface area contributed by atoms with Crippen LogP contribution in [0.4, 0.5) is 0 Å². The first-order valence-corrected chi connectivity index (χ1v) is 9.04. The van der Waals surface area contributed by atoms with Gasteiger partial charge in [-0.3, -0.25) is 5.10 Å². The van der Waals surface area contributed by atoms with Gasteiger partial charge in [0, 0.05) is 12.6 Å². The summed E-state index contributed by atoms with van der Waals surface area (Å²) in [5.41, 5.74) is 1.23. The van der Waals surface area contributed by atoms with Crippen LogP contribution in [0.25, 0.3) is 10.8 Å². The van der Waals surface area contributed by atoms with Crippen molar-refractivity contribution in [3.8, 4) is 0 Å². The topological polar surface area (TPSA) is 46.0 Å². The Hall–Kier alpha value is -2.53. The molecule has 0 radical (unpaired) electrons. The van der Waals surface area contributed by atoms with Crippen LogP contribution in [-0.2, 0) is 6.42 Å². The molecular weight excluding hydrogens is 328 g/mol. The Morgan fingerprint density at radius 1 is 1.20 bits per heavy atom. The molecule has 0 saturated heterocycles. The summed E-state index contributed by atoms with van der Waals surface area (Å²) in [4.78, 5) is 0. The van der Waals surface area contributed by atoms with Crippen LogP contribution in [0.2, 0.25) is 0 Å². The summed E-state index contributed by atoms with van der Waals surface area (Å²) in [6.07, 6.45) is 10.5. The second kappa shape index (κ2) is 7.15. The Labute approximate surface area is 151 Å². The number of aromatic nitrogens is 3. The predicted molar refractivity (Wildman–Crippen MR) is 105 cm³/mol. The molecule has 1 N–H and O–H groups in total. The molecule has 4 rings (SSSR count). The molecule has 0 unspecified atom stereocenters. The molecular formula is C20H20N4S. The van der Waals surface area contributed by atoms with Crippen LogP contribution in [0.15, 0.2) is 59.7 Å². The number of aromatic amines is 1. The van der Waals surface area contributed by atoms with E-state index in [4.69, 9.17) is 12.2 Å². The first-order valence-electron chi connectivity index (χ1n) is 8.63. The Morgan fingerprint density at radius 2 is 2.08 bits per heavy atom. The normalized spacial score (nSPS) is 17.5. The zero-order valence-electron chi connectivity index (χ0n) is 13.9. The molecule has 0 spiro atoms. The number of rotatable bonds is 4. The summed E-state index contributed by atoms with van der Waals surface area (Å²) in [6.45, 7) is 0. The number of H-pyrrole nitrogens is 1. The number of nitrogens with one attached hydrogen (secondary N) is 1. The van der Waals surface area contributed by atoms with Crippen molar-refractivity contribution in [2.45, 2.75) is 25.7 Å². The first kappa shape index (κ1) is 16.0. The van der Waals surface area contributed by atoms with Crippen molar-refractivity contribution in [1.82, 2.24) is 14.9 Å². The van der Waals surface area contributed by atoms with Gasteiger partial charge in [-0.25, -0.2) is 0 Å². The fourth-order valence-corrected chi connectivity index (χ4v) is 3.49. The highest BCUT2D eigenvalue weighted by atomic mass is 32.1. The quantitative estimate of drug-likeness (QED) is 0.415. The predicted octanol–water partition coefficient (Wildman–Crippen LogP) is 4.87. The molecule has 3 aromatic rings. The van der Waals surface area contributed by atoms with Gasteiger partial charge < -0.3 is 0 Å². The highest BCUT2D eigenvalue weighted by Crippen LogP contribution is 2.21. The molecule has 5 heteroatoms. The van der Waals surface area contributed by atoms with Crippen molar-refractivity contribution in [3.05, 3.63) is 70.8 Å². The third-order valence-electron chi connectivity index (χ3n) is 4.65. The smallest absolute Gasteiger partial charge is 0.216 e. The maximum absolute atomic E-state index is 5.37. The fourth-order valence-electron chi connectivity index (χ4n) is 3.29. The first-order chi connectivity index (χ1) is 12.3. The molecule has 0 amide bonds. The van der Waals surface area contributed by atoms with Crippen LogP contribution in [0.1, 0.15) is 30.7 Å². The maximum Gasteiger partial charge on any atom is 0.216 e. The lowest BCUT2D eigenvalue weighted by atomic mass is 9.96. The summed E-state index contributed by atoms with van der Waals surface area (Å²) in [7, 11) is 0. The van der Waals surface area contributed by atoms with Gasteiger partial charge in [0.25, 0.3) is 0 Å². The van der Waals surface area contributed by atoms with Crippen molar-refractivity contribution >= 4 is 29.2 Å². The Morgan fingerprint density at radius 3 is 2.96 bits per heavy atom. The van der Waals surface area contributed by atoms with Crippen LogP contribution in [0, 0.1) is 10.7 Å². The van der Waals surface area contributed by atoms with Gasteiger partial charge in [-0.05, 0) is 53.7 Å². The fraction of sp³-hybridized carbons (Fsp3) is 0.250. The number of fused-ring (bicyclic) bond motifs is 1. The van der Waals surface area contributed by atoms with Gasteiger partial charge in [-0.2, -0.15) is 14.9 Å². The molecule has 4 nitrogen and oxygen atoms in total. The Balaban J connectivity index is 1.64. The highest BCUT2D eigenvalue weighted by Gasteiger charge is 2.11. The van der Waals surface area contributed by atoms with Crippen molar-refractivity contribution in [2.24, 2.45) is 11.0 Å². The van der Waals surface area contributed by atoms with E-state index >= 15 is 0 Å². The minimum Gasteiger partial charge on any atom is -0.250 e. The molecule has 2 aromatic carbocycles. The number of allylic oxidation sites excluding steroid dienone is 2. The minimum atomic E-state index is 0.479. The monoisotopic (exact) mass is 348 g/mol. The van der Waals surface area contributed by atoms with E-state index in [9.17, 15) is 0 Å². The van der Waals surface area contributed by atoms with Crippen LogP contribution in [0.3, 0.4) is 0 Å². The van der Waals surface area contributed by atoms with Crippen molar-refractivity contribution < 1.29 is 0 Å². The SMILES string of the molecule is S=c1[nH]nc(Cc2cccc3ccccc23)n1/N=C\[C@H]1CC=CCC1. The van der Waals surface area contributed by atoms with Crippen molar-refractivity contribution in [2.75, 3.05) is 0 Å². The van der Waals surface area contributed by atoms with E-state index in [1.54, 1.807) is 4.68 Å². The summed E-state index contributed by atoms with van der Waals surface area (Å²) in [5.74, 6) is 1.32. The summed E-state index contributed by atoms with van der Waals surface area (Å²) in [5, 5.41) is 14.4. The minimum absolute atomic E-state index is 0.479. The Kier molecular flexibility index (Phi) is 4.57. The van der Waals surface area contributed by atoms with Crippen LogP contribution in [0.5, 0.6) is 0 Å². The van der Waals surface area contributed by atoms with E-state index in [0.29, 0.717) is 17.1 Å². The van der Waals surface area contributed by atoms with E-state index in [1.165, 1.54) is 16.3 Å². The highest BCUT2D eigenvalue weighted by molar-refractivity contribution is 7.71. The van der Waals surface area contributed by atoms with Gasteiger partial charge in [0.05, 0.1) is 0 Å². The van der Waals surface area contributed by atoms with Gasteiger partial charge >= 0.3 is 0 Å².